The average molecular weight is 486 g/mol. The standard InChI is InChI=1S/C29H31N3O4/c30-18-19-5-4-6-21(15-19)20-11-13-32(14-12-20)27(33)26-16-22-9-10-24(17-25(22)31-26)29(36,28(34)35)23-7-2-1-3-8-23/h1-10,15,17,20,26,31,36H,11-14,16,18,30H2,(H,34,35). The van der Waals surface area contributed by atoms with Crippen LogP contribution in [0.1, 0.15) is 46.6 Å². The normalized spacial score (nSPS) is 19.3. The molecular weight excluding hydrogens is 454 g/mol. The van der Waals surface area contributed by atoms with Crippen LogP contribution in [-0.2, 0) is 28.2 Å². The number of aliphatic hydroxyl groups is 1. The third-order valence-electron chi connectivity index (χ3n) is 7.55. The number of nitrogens with one attached hydrogen (secondary N) is 1. The van der Waals surface area contributed by atoms with Crippen molar-refractivity contribution in [1.82, 2.24) is 4.90 Å². The van der Waals surface area contributed by atoms with Gasteiger partial charge in [-0.1, -0.05) is 66.7 Å². The van der Waals surface area contributed by atoms with Crippen LogP contribution in [0.2, 0.25) is 0 Å². The highest BCUT2D eigenvalue weighted by Gasteiger charge is 2.41. The number of aliphatic carboxylic acids is 1. The summed E-state index contributed by atoms with van der Waals surface area (Å²) >= 11 is 0. The van der Waals surface area contributed by atoms with E-state index in [1.165, 1.54) is 5.56 Å². The molecule has 3 aromatic carbocycles. The number of carbonyl (C=O) groups excluding carboxylic acids is 1. The van der Waals surface area contributed by atoms with Crippen molar-refractivity contribution in [3.8, 4) is 0 Å². The minimum absolute atomic E-state index is 0.0541. The van der Waals surface area contributed by atoms with E-state index >= 15 is 0 Å². The molecule has 2 aliphatic heterocycles. The lowest BCUT2D eigenvalue weighted by atomic mass is 9.85. The van der Waals surface area contributed by atoms with Crippen LogP contribution < -0.4 is 11.1 Å². The molecule has 1 saturated heterocycles. The lowest BCUT2D eigenvalue weighted by Gasteiger charge is -2.34. The molecule has 36 heavy (non-hydrogen) atoms. The largest absolute Gasteiger partial charge is 0.479 e. The SMILES string of the molecule is NCc1cccc(C2CCN(C(=O)C3Cc4ccc(C(O)(C(=O)O)c5ccccc5)cc4N3)CC2)c1. The van der Waals surface area contributed by atoms with Crippen molar-refractivity contribution in [2.75, 3.05) is 18.4 Å². The number of carboxylic acid groups (broad SMARTS) is 1. The monoisotopic (exact) mass is 485 g/mol. The van der Waals surface area contributed by atoms with Crippen molar-refractivity contribution in [1.29, 1.82) is 0 Å². The molecule has 2 aliphatic rings. The van der Waals surface area contributed by atoms with Crippen LogP contribution in [0.3, 0.4) is 0 Å². The van der Waals surface area contributed by atoms with Gasteiger partial charge in [0.05, 0.1) is 0 Å². The molecule has 0 aliphatic carbocycles. The summed E-state index contributed by atoms with van der Waals surface area (Å²) in [5.74, 6) is -0.874. The maximum atomic E-state index is 13.3. The van der Waals surface area contributed by atoms with Crippen LogP contribution in [0.15, 0.2) is 72.8 Å². The molecule has 0 bridgehead atoms. The van der Waals surface area contributed by atoms with Gasteiger partial charge in [0.25, 0.3) is 0 Å². The summed E-state index contributed by atoms with van der Waals surface area (Å²) in [5.41, 5.74) is 8.18. The molecule has 5 rings (SSSR count). The number of hydrogen-bond donors (Lipinski definition) is 4. The summed E-state index contributed by atoms with van der Waals surface area (Å²) in [6.07, 6.45) is 2.35. The van der Waals surface area contributed by atoms with Gasteiger partial charge in [-0.3, -0.25) is 4.79 Å². The highest BCUT2D eigenvalue weighted by atomic mass is 16.4. The number of anilines is 1. The first-order chi connectivity index (χ1) is 17.4. The van der Waals surface area contributed by atoms with Gasteiger partial charge in [0.15, 0.2) is 0 Å². The Bertz CT molecular complexity index is 1270. The van der Waals surface area contributed by atoms with Crippen LogP contribution >= 0.6 is 0 Å². The van der Waals surface area contributed by atoms with Gasteiger partial charge >= 0.3 is 5.97 Å². The summed E-state index contributed by atoms with van der Waals surface area (Å²) in [6, 6.07) is 21.4. The number of fused-ring (bicyclic) bond motifs is 1. The van der Waals surface area contributed by atoms with Crippen LogP contribution in [-0.4, -0.2) is 46.1 Å². The fourth-order valence-electron chi connectivity index (χ4n) is 5.44. The number of piperidine rings is 1. The number of nitrogens with two attached hydrogens (primary N) is 1. The third kappa shape index (κ3) is 4.36. The predicted molar refractivity (Wildman–Crippen MR) is 138 cm³/mol. The van der Waals surface area contributed by atoms with E-state index in [0.29, 0.717) is 37.7 Å². The molecule has 0 saturated carbocycles. The van der Waals surface area contributed by atoms with Gasteiger partial charge in [-0.15, -0.1) is 0 Å². The van der Waals surface area contributed by atoms with E-state index in [1.807, 2.05) is 17.0 Å². The fourth-order valence-corrected chi connectivity index (χ4v) is 5.44. The van der Waals surface area contributed by atoms with E-state index in [9.17, 15) is 19.8 Å². The van der Waals surface area contributed by atoms with E-state index in [4.69, 9.17) is 5.73 Å². The van der Waals surface area contributed by atoms with Gasteiger partial charge in [0.2, 0.25) is 11.5 Å². The molecule has 1 fully saturated rings. The number of likely N-dealkylation sites (tertiary alicyclic amines) is 1. The first-order valence-electron chi connectivity index (χ1n) is 12.4. The van der Waals surface area contributed by atoms with Gasteiger partial charge in [0, 0.05) is 37.3 Å². The van der Waals surface area contributed by atoms with E-state index in [2.05, 4.69) is 17.4 Å². The zero-order valence-corrected chi connectivity index (χ0v) is 20.1. The van der Waals surface area contributed by atoms with Gasteiger partial charge in [-0.2, -0.15) is 0 Å². The number of carbonyl (C=O) groups is 2. The molecule has 0 spiro atoms. The molecule has 2 unspecified atom stereocenters. The number of benzene rings is 3. The van der Waals surface area contributed by atoms with Crippen molar-refractivity contribution < 1.29 is 19.8 Å². The van der Waals surface area contributed by atoms with Crippen molar-refractivity contribution in [3.05, 3.63) is 101 Å². The first-order valence-corrected chi connectivity index (χ1v) is 12.4. The molecule has 2 atom stereocenters. The van der Waals surface area contributed by atoms with Gasteiger partial charge in [-0.05, 0) is 47.1 Å². The Hall–Kier alpha value is -3.68. The van der Waals surface area contributed by atoms with Crippen LogP contribution in [0.4, 0.5) is 5.69 Å². The Balaban J connectivity index is 1.27. The van der Waals surface area contributed by atoms with Crippen molar-refractivity contribution in [2.45, 2.75) is 43.4 Å². The molecular formula is C29H31N3O4. The van der Waals surface area contributed by atoms with Crippen LogP contribution in [0.25, 0.3) is 0 Å². The van der Waals surface area contributed by atoms with Crippen LogP contribution in [0.5, 0.6) is 0 Å². The fraction of sp³-hybridized carbons (Fsp3) is 0.310. The molecule has 2 heterocycles. The number of hydrogen-bond acceptors (Lipinski definition) is 5. The molecule has 0 radical (unpaired) electrons. The molecule has 5 N–H and O–H groups in total. The Morgan fingerprint density at radius 3 is 2.42 bits per heavy atom. The quantitative estimate of drug-likeness (QED) is 0.426. The summed E-state index contributed by atoms with van der Waals surface area (Å²) in [5, 5.41) is 24.4. The third-order valence-corrected chi connectivity index (χ3v) is 7.55. The lowest BCUT2D eigenvalue weighted by molar-refractivity contribution is -0.155. The Morgan fingerprint density at radius 2 is 1.72 bits per heavy atom. The van der Waals surface area contributed by atoms with Crippen molar-refractivity contribution in [2.24, 2.45) is 5.73 Å². The molecule has 1 amide bonds. The van der Waals surface area contributed by atoms with Gasteiger partial charge in [0.1, 0.15) is 6.04 Å². The maximum Gasteiger partial charge on any atom is 0.345 e. The Labute approximate surface area is 210 Å². The summed E-state index contributed by atoms with van der Waals surface area (Å²) in [7, 11) is 0. The van der Waals surface area contributed by atoms with E-state index < -0.39 is 17.6 Å². The molecule has 7 nitrogen and oxygen atoms in total. The second kappa shape index (κ2) is 9.76. The van der Waals surface area contributed by atoms with E-state index in [-0.39, 0.29) is 17.0 Å². The van der Waals surface area contributed by atoms with Crippen molar-refractivity contribution in [3.63, 3.8) is 0 Å². The highest BCUT2D eigenvalue weighted by molar-refractivity contribution is 5.89. The topological polar surface area (TPSA) is 116 Å². The minimum atomic E-state index is -2.18. The number of carboxylic acids is 1. The minimum Gasteiger partial charge on any atom is -0.479 e. The maximum absolute atomic E-state index is 13.3. The number of rotatable bonds is 6. The Kier molecular flexibility index (Phi) is 6.51. The smallest absolute Gasteiger partial charge is 0.345 e. The summed E-state index contributed by atoms with van der Waals surface area (Å²) in [4.78, 5) is 27.4. The average Bonchev–Trinajstić information content (AvgIpc) is 3.36. The summed E-state index contributed by atoms with van der Waals surface area (Å²) in [6.45, 7) is 1.92. The highest BCUT2D eigenvalue weighted by Crippen LogP contribution is 2.36. The molecule has 7 heteroatoms. The van der Waals surface area contributed by atoms with E-state index in [1.54, 1.807) is 48.5 Å². The lowest BCUT2D eigenvalue weighted by Crippen LogP contribution is -2.45. The second-order valence-electron chi connectivity index (χ2n) is 9.70. The van der Waals surface area contributed by atoms with Gasteiger partial charge in [-0.25, -0.2) is 4.79 Å². The molecule has 0 aromatic heterocycles. The van der Waals surface area contributed by atoms with E-state index in [0.717, 1.165) is 24.0 Å². The number of nitrogens with zero attached hydrogens (tertiary/aromatic N) is 1. The predicted octanol–water partition coefficient (Wildman–Crippen LogP) is 3.21. The second-order valence-corrected chi connectivity index (χ2v) is 9.70. The molecule has 3 aromatic rings. The van der Waals surface area contributed by atoms with Crippen molar-refractivity contribution >= 4 is 17.6 Å². The van der Waals surface area contributed by atoms with Crippen LogP contribution in [0, 0.1) is 0 Å². The Morgan fingerprint density at radius 1 is 0.972 bits per heavy atom. The zero-order chi connectivity index (χ0) is 25.3. The zero-order valence-electron chi connectivity index (χ0n) is 20.1. The first kappa shape index (κ1) is 24.0. The number of amides is 1. The van der Waals surface area contributed by atoms with Gasteiger partial charge < -0.3 is 26.2 Å². The summed E-state index contributed by atoms with van der Waals surface area (Å²) < 4.78 is 0. The molecule has 186 valence electrons.